The van der Waals surface area contributed by atoms with E-state index in [1.807, 2.05) is 0 Å². The summed E-state index contributed by atoms with van der Waals surface area (Å²) in [6.07, 6.45) is 0. The summed E-state index contributed by atoms with van der Waals surface area (Å²) >= 11 is 0. The number of hydrogen-bond acceptors (Lipinski definition) is 3. The maximum atomic E-state index is 11.8. The van der Waals surface area contributed by atoms with Crippen LogP contribution in [0.1, 0.15) is 13.8 Å². The Morgan fingerprint density at radius 3 is 2.60 bits per heavy atom. The Morgan fingerprint density at radius 1 is 1.33 bits per heavy atom. The van der Waals surface area contributed by atoms with Gasteiger partial charge in [0.25, 0.3) is 5.91 Å². The third-order valence-electron chi connectivity index (χ3n) is 2.67. The van der Waals surface area contributed by atoms with E-state index in [9.17, 15) is 14.4 Å². The van der Waals surface area contributed by atoms with Crippen molar-refractivity contribution >= 4 is 17.8 Å². The van der Waals surface area contributed by atoms with Crippen molar-refractivity contribution in [1.29, 1.82) is 0 Å². The van der Waals surface area contributed by atoms with Gasteiger partial charge < -0.3 is 10.2 Å². The predicted molar refractivity (Wildman–Crippen MR) is 50.9 cm³/mol. The van der Waals surface area contributed by atoms with Gasteiger partial charge in [-0.15, -0.1) is 0 Å². The number of hydrogen-bond donors (Lipinski definition) is 1. The molecular formula is C9H13N3O3. The van der Waals surface area contributed by atoms with Gasteiger partial charge in [0.05, 0.1) is 0 Å². The van der Waals surface area contributed by atoms with E-state index in [1.54, 1.807) is 13.8 Å². The van der Waals surface area contributed by atoms with E-state index in [0.29, 0.717) is 0 Å². The van der Waals surface area contributed by atoms with E-state index in [-0.39, 0.29) is 37.0 Å². The lowest BCUT2D eigenvalue weighted by atomic mass is 10.2. The van der Waals surface area contributed by atoms with E-state index in [1.165, 1.54) is 9.80 Å². The van der Waals surface area contributed by atoms with Crippen LogP contribution in [0.15, 0.2) is 0 Å². The van der Waals surface area contributed by atoms with Crippen LogP contribution in [-0.2, 0) is 9.59 Å². The van der Waals surface area contributed by atoms with Crippen LogP contribution in [0.25, 0.3) is 0 Å². The second kappa shape index (κ2) is 3.22. The molecular weight excluding hydrogens is 198 g/mol. The lowest BCUT2D eigenvalue weighted by Crippen LogP contribution is -2.54. The summed E-state index contributed by atoms with van der Waals surface area (Å²) in [5, 5.41) is 2.58. The van der Waals surface area contributed by atoms with Gasteiger partial charge in [-0.25, -0.2) is 4.79 Å². The zero-order chi connectivity index (χ0) is 11.2. The summed E-state index contributed by atoms with van der Waals surface area (Å²) in [4.78, 5) is 37.2. The largest absolute Gasteiger partial charge is 0.352 e. The van der Waals surface area contributed by atoms with Crippen LogP contribution in [0.4, 0.5) is 4.79 Å². The number of rotatable bonds is 1. The lowest BCUT2D eigenvalue weighted by Gasteiger charge is -2.26. The van der Waals surface area contributed by atoms with Crippen molar-refractivity contribution in [1.82, 2.24) is 15.1 Å². The molecule has 2 saturated heterocycles. The zero-order valence-electron chi connectivity index (χ0n) is 8.69. The molecule has 82 valence electrons. The highest BCUT2D eigenvalue weighted by molar-refractivity contribution is 6.06. The fourth-order valence-electron chi connectivity index (χ4n) is 1.93. The molecule has 1 atom stereocenters. The van der Waals surface area contributed by atoms with Crippen LogP contribution in [0, 0.1) is 0 Å². The van der Waals surface area contributed by atoms with Gasteiger partial charge in [0, 0.05) is 12.6 Å². The Morgan fingerprint density at radius 2 is 2.00 bits per heavy atom. The first-order valence-electron chi connectivity index (χ1n) is 4.92. The van der Waals surface area contributed by atoms with Crippen molar-refractivity contribution in [2.75, 3.05) is 13.1 Å². The number of imide groups is 1. The fourth-order valence-corrected chi connectivity index (χ4v) is 1.93. The smallest absolute Gasteiger partial charge is 0.328 e. The van der Waals surface area contributed by atoms with Crippen LogP contribution in [0.2, 0.25) is 0 Å². The average molecular weight is 211 g/mol. The molecule has 2 rings (SSSR count). The number of nitrogens with zero attached hydrogens (tertiary/aromatic N) is 2. The second-order valence-corrected chi connectivity index (χ2v) is 4.03. The number of fused-ring (bicyclic) bond motifs is 1. The van der Waals surface area contributed by atoms with Crippen molar-refractivity contribution in [2.24, 2.45) is 0 Å². The number of carbonyl (C=O) groups excluding carboxylic acids is 3. The molecule has 0 bridgehead atoms. The zero-order valence-corrected chi connectivity index (χ0v) is 8.69. The first-order chi connectivity index (χ1) is 7.02. The van der Waals surface area contributed by atoms with Crippen molar-refractivity contribution in [2.45, 2.75) is 25.9 Å². The molecule has 1 N–H and O–H groups in total. The molecule has 6 heteroatoms. The quantitative estimate of drug-likeness (QED) is 0.575. The predicted octanol–water partition coefficient (Wildman–Crippen LogP) is -0.843. The highest BCUT2D eigenvalue weighted by Gasteiger charge is 2.48. The third kappa shape index (κ3) is 1.36. The van der Waals surface area contributed by atoms with E-state index in [0.717, 1.165) is 0 Å². The molecule has 15 heavy (non-hydrogen) atoms. The molecule has 0 radical (unpaired) electrons. The summed E-state index contributed by atoms with van der Waals surface area (Å²) < 4.78 is 0. The number of urea groups is 1. The Labute approximate surface area is 87.2 Å². The molecule has 0 aliphatic carbocycles. The van der Waals surface area contributed by atoms with Gasteiger partial charge in [-0.05, 0) is 13.8 Å². The van der Waals surface area contributed by atoms with Gasteiger partial charge in [0.15, 0.2) is 0 Å². The van der Waals surface area contributed by atoms with Crippen molar-refractivity contribution in [3.8, 4) is 0 Å². The maximum absolute atomic E-state index is 11.8. The molecule has 6 nitrogen and oxygen atoms in total. The Balaban J connectivity index is 2.27. The Bertz CT molecular complexity index is 339. The highest BCUT2D eigenvalue weighted by Crippen LogP contribution is 2.21. The molecule has 2 aliphatic rings. The van der Waals surface area contributed by atoms with Crippen molar-refractivity contribution in [3.63, 3.8) is 0 Å². The summed E-state index contributed by atoms with van der Waals surface area (Å²) in [6.45, 7) is 3.78. The first-order valence-corrected chi connectivity index (χ1v) is 4.92. The molecule has 0 aromatic heterocycles. The minimum atomic E-state index is -0.502. The SMILES string of the molecule is CC(C)N1C(=O)C2CNC(=O)CN2C1=O. The Kier molecular flexibility index (Phi) is 2.13. The molecule has 2 aliphatic heterocycles. The van der Waals surface area contributed by atoms with Crippen LogP contribution >= 0.6 is 0 Å². The summed E-state index contributed by atoms with van der Waals surface area (Å²) in [7, 11) is 0. The van der Waals surface area contributed by atoms with E-state index < -0.39 is 6.04 Å². The molecule has 2 fully saturated rings. The first kappa shape index (κ1) is 9.95. The molecule has 0 aromatic carbocycles. The summed E-state index contributed by atoms with van der Waals surface area (Å²) in [5.74, 6) is -0.423. The average Bonchev–Trinajstić information content (AvgIpc) is 2.39. The van der Waals surface area contributed by atoms with Crippen molar-refractivity contribution < 1.29 is 14.4 Å². The fraction of sp³-hybridized carbons (Fsp3) is 0.667. The van der Waals surface area contributed by atoms with Gasteiger partial charge >= 0.3 is 6.03 Å². The van der Waals surface area contributed by atoms with Gasteiger partial charge in [0.1, 0.15) is 12.6 Å². The molecule has 0 saturated carbocycles. The number of piperazine rings is 1. The minimum absolute atomic E-state index is 0.0154. The molecule has 2 heterocycles. The maximum Gasteiger partial charge on any atom is 0.328 e. The van der Waals surface area contributed by atoms with Crippen LogP contribution in [0.3, 0.4) is 0 Å². The van der Waals surface area contributed by atoms with Crippen LogP contribution in [-0.4, -0.2) is 52.8 Å². The van der Waals surface area contributed by atoms with E-state index in [4.69, 9.17) is 0 Å². The van der Waals surface area contributed by atoms with Crippen LogP contribution < -0.4 is 5.32 Å². The van der Waals surface area contributed by atoms with Gasteiger partial charge in [0.2, 0.25) is 5.91 Å². The molecule has 0 aromatic rings. The normalized spacial score (nSPS) is 26.1. The summed E-state index contributed by atoms with van der Waals surface area (Å²) in [6, 6.07) is -1.02. The van der Waals surface area contributed by atoms with E-state index in [2.05, 4.69) is 5.32 Å². The van der Waals surface area contributed by atoms with Gasteiger partial charge in [-0.2, -0.15) is 0 Å². The van der Waals surface area contributed by atoms with Crippen molar-refractivity contribution in [3.05, 3.63) is 0 Å². The monoisotopic (exact) mass is 211 g/mol. The van der Waals surface area contributed by atoms with E-state index >= 15 is 0 Å². The minimum Gasteiger partial charge on any atom is -0.352 e. The highest BCUT2D eigenvalue weighted by atomic mass is 16.2. The Hall–Kier alpha value is -1.59. The lowest BCUT2D eigenvalue weighted by molar-refractivity contribution is -0.131. The number of amides is 4. The number of carbonyl (C=O) groups is 3. The molecule has 1 unspecified atom stereocenters. The number of nitrogens with one attached hydrogen (secondary N) is 1. The van der Waals surface area contributed by atoms with Gasteiger partial charge in [-0.1, -0.05) is 0 Å². The second-order valence-electron chi connectivity index (χ2n) is 4.03. The molecule has 4 amide bonds. The molecule has 0 spiro atoms. The topological polar surface area (TPSA) is 69.7 Å². The summed E-state index contributed by atoms with van der Waals surface area (Å²) in [5.41, 5.74) is 0. The standard InChI is InChI=1S/C9H13N3O3/c1-5(2)12-8(14)6-3-10-7(13)4-11(6)9(12)15/h5-6H,3-4H2,1-2H3,(H,10,13). The van der Waals surface area contributed by atoms with Gasteiger partial charge in [-0.3, -0.25) is 14.5 Å². The van der Waals surface area contributed by atoms with Crippen LogP contribution in [0.5, 0.6) is 0 Å². The third-order valence-corrected chi connectivity index (χ3v) is 2.67.